The Bertz CT molecular complexity index is 1070. The molecule has 4 rings (SSSR count). The average molecular weight is 376 g/mol. The zero-order chi connectivity index (χ0) is 19.5. The van der Waals surface area contributed by atoms with Crippen LogP contribution in [-0.2, 0) is 6.54 Å². The molecule has 1 N–H and O–H groups in total. The molecule has 1 unspecified atom stereocenters. The Morgan fingerprint density at radius 1 is 1.25 bits per heavy atom. The molecule has 0 aliphatic rings. The van der Waals surface area contributed by atoms with E-state index in [4.69, 9.17) is 4.52 Å². The largest absolute Gasteiger partial charge is 0.343 e. The van der Waals surface area contributed by atoms with Gasteiger partial charge in [-0.1, -0.05) is 49.3 Å². The second-order valence-corrected chi connectivity index (χ2v) is 6.85. The van der Waals surface area contributed by atoms with Gasteiger partial charge in [-0.25, -0.2) is 9.97 Å². The molecule has 0 spiro atoms. The number of aromatic nitrogens is 5. The topological polar surface area (TPSA) is 98.7 Å². The lowest BCUT2D eigenvalue weighted by molar-refractivity contribution is 0.0931. The third-order valence-corrected chi connectivity index (χ3v) is 4.51. The van der Waals surface area contributed by atoms with Crippen LogP contribution in [-0.4, -0.2) is 30.8 Å². The van der Waals surface area contributed by atoms with Crippen molar-refractivity contribution in [2.24, 2.45) is 0 Å². The zero-order valence-corrected chi connectivity index (χ0v) is 15.6. The molecule has 0 aliphatic carbocycles. The number of pyridine rings is 1. The molecule has 1 amide bonds. The van der Waals surface area contributed by atoms with Crippen molar-refractivity contribution in [2.45, 2.75) is 32.4 Å². The van der Waals surface area contributed by atoms with E-state index in [-0.39, 0.29) is 17.9 Å². The van der Waals surface area contributed by atoms with Gasteiger partial charge in [0.05, 0.1) is 29.2 Å². The fourth-order valence-corrected chi connectivity index (χ4v) is 3.07. The van der Waals surface area contributed by atoms with Gasteiger partial charge in [0.2, 0.25) is 0 Å². The van der Waals surface area contributed by atoms with Gasteiger partial charge in [-0.15, -0.1) is 0 Å². The molecule has 8 nitrogen and oxygen atoms in total. The first-order chi connectivity index (χ1) is 13.6. The standard InChI is InChI=1S/C20H20N6O2/c1-13(2)18-16-8-15(9-22-20(16)28-25-18)19(27)24-17(10-26-12-21-11-23-26)14-6-4-3-5-7-14/h3-9,11-13,17H,10H2,1-2H3,(H,24,27). The van der Waals surface area contributed by atoms with E-state index in [2.05, 4.69) is 25.5 Å². The van der Waals surface area contributed by atoms with Gasteiger partial charge in [0.25, 0.3) is 11.6 Å². The zero-order valence-electron chi connectivity index (χ0n) is 15.6. The highest BCUT2D eigenvalue weighted by Gasteiger charge is 2.19. The van der Waals surface area contributed by atoms with Crippen molar-refractivity contribution in [1.82, 2.24) is 30.2 Å². The highest BCUT2D eigenvalue weighted by Crippen LogP contribution is 2.24. The molecule has 1 aromatic carbocycles. The fraction of sp³-hybridized carbons (Fsp3) is 0.250. The van der Waals surface area contributed by atoms with Gasteiger partial charge in [0.15, 0.2) is 0 Å². The van der Waals surface area contributed by atoms with Crippen molar-refractivity contribution in [3.63, 3.8) is 0 Å². The minimum Gasteiger partial charge on any atom is -0.343 e. The minimum atomic E-state index is -0.266. The van der Waals surface area contributed by atoms with Gasteiger partial charge in [0, 0.05) is 6.20 Å². The predicted molar refractivity (Wildman–Crippen MR) is 103 cm³/mol. The fourth-order valence-electron chi connectivity index (χ4n) is 3.07. The maximum absolute atomic E-state index is 13.0. The maximum atomic E-state index is 13.0. The number of fused-ring (bicyclic) bond motifs is 1. The third-order valence-electron chi connectivity index (χ3n) is 4.51. The molecular formula is C20H20N6O2. The number of hydrogen-bond donors (Lipinski definition) is 1. The summed E-state index contributed by atoms with van der Waals surface area (Å²) in [6.45, 7) is 4.51. The van der Waals surface area contributed by atoms with E-state index in [9.17, 15) is 4.79 Å². The molecular weight excluding hydrogens is 356 g/mol. The summed E-state index contributed by atoms with van der Waals surface area (Å²) in [4.78, 5) is 21.2. The lowest BCUT2D eigenvalue weighted by atomic mass is 10.0. The molecule has 28 heavy (non-hydrogen) atoms. The first-order valence-electron chi connectivity index (χ1n) is 9.05. The Morgan fingerprint density at radius 3 is 2.79 bits per heavy atom. The van der Waals surface area contributed by atoms with E-state index in [0.29, 0.717) is 17.8 Å². The van der Waals surface area contributed by atoms with Crippen LogP contribution in [0.4, 0.5) is 0 Å². The Hall–Kier alpha value is -3.55. The Labute approximate surface area is 161 Å². The molecule has 0 bridgehead atoms. The quantitative estimate of drug-likeness (QED) is 0.555. The summed E-state index contributed by atoms with van der Waals surface area (Å²) in [5, 5.41) is 12.0. The predicted octanol–water partition coefficient (Wildman–Crippen LogP) is 3.11. The summed E-state index contributed by atoms with van der Waals surface area (Å²) in [5.74, 6) is -0.0509. The van der Waals surface area contributed by atoms with Crippen molar-refractivity contribution in [3.05, 3.63) is 72.1 Å². The minimum absolute atomic E-state index is 0.172. The molecule has 3 aromatic heterocycles. The summed E-state index contributed by atoms with van der Waals surface area (Å²) in [6, 6.07) is 11.3. The second-order valence-electron chi connectivity index (χ2n) is 6.85. The normalized spacial score (nSPS) is 12.4. The van der Waals surface area contributed by atoms with Gasteiger partial charge in [0.1, 0.15) is 12.7 Å². The number of carbonyl (C=O) groups excluding carboxylic acids is 1. The second kappa shape index (κ2) is 7.59. The van der Waals surface area contributed by atoms with Crippen LogP contribution in [0.5, 0.6) is 0 Å². The van der Waals surface area contributed by atoms with E-state index in [0.717, 1.165) is 16.6 Å². The van der Waals surface area contributed by atoms with Crippen LogP contribution < -0.4 is 5.32 Å². The van der Waals surface area contributed by atoms with E-state index in [1.165, 1.54) is 12.5 Å². The lowest BCUT2D eigenvalue weighted by Gasteiger charge is -2.19. The van der Waals surface area contributed by atoms with Crippen LogP contribution in [0.15, 0.2) is 59.8 Å². The van der Waals surface area contributed by atoms with Gasteiger partial charge in [-0.3, -0.25) is 9.48 Å². The van der Waals surface area contributed by atoms with Crippen molar-refractivity contribution in [1.29, 1.82) is 0 Å². The van der Waals surface area contributed by atoms with E-state index < -0.39 is 0 Å². The highest BCUT2D eigenvalue weighted by atomic mass is 16.5. The van der Waals surface area contributed by atoms with E-state index in [1.54, 1.807) is 17.1 Å². The summed E-state index contributed by atoms with van der Waals surface area (Å²) < 4.78 is 6.94. The molecule has 1 atom stereocenters. The van der Waals surface area contributed by atoms with Crippen molar-refractivity contribution in [2.75, 3.05) is 0 Å². The molecule has 4 aromatic rings. The molecule has 0 radical (unpaired) electrons. The molecule has 0 saturated heterocycles. The molecule has 0 saturated carbocycles. The van der Waals surface area contributed by atoms with Crippen LogP contribution in [0.2, 0.25) is 0 Å². The number of benzene rings is 1. The Kier molecular flexibility index (Phi) is 4.84. The van der Waals surface area contributed by atoms with Crippen LogP contribution in [0.3, 0.4) is 0 Å². The van der Waals surface area contributed by atoms with Gasteiger partial charge >= 0.3 is 0 Å². The highest BCUT2D eigenvalue weighted by molar-refractivity contribution is 5.97. The van der Waals surface area contributed by atoms with Gasteiger partial charge in [-0.2, -0.15) is 5.10 Å². The number of amides is 1. The average Bonchev–Trinajstić information content (AvgIpc) is 3.37. The summed E-state index contributed by atoms with van der Waals surface area (Å²) >= 11 is 0. The third kappa shape index (κ3) is 3.62. The van der Waals surface area contributed by atoms with Crippen LogP contribution in [0, 0.1) is 0 Å². The Balaban J connectivity index is 1.62. The smallest absolute Gasteiger partial charge is 0.257 e. The number of carbonyl (C=O) groups is 1. The lowest BCUT2D eigenvalue weighted by Crippen LogP contribution is -2.31. The number of nitrogens with zero attached hydrogens (tertiary/aromatic N) is 5. The number of rotatable bonds is 6. The van der Waals surface area contributed by atoms with E-state index in [1.807, 2.05) is 44.2 Å². The maximum Gasteiger partial charge on any atom is 0.257 e. The van der Waals surface area contributed by atoms with Crippen LogP contribution in [0.25, 0.3) is 11.1 Å². The first-order valence-corrected chi connectivity index (χ1v) is 9.05. The summed E-state index contributed by atoms with van der Waals surface area (Å²) in [7, 11) is 0. The van der Waals surface area contributed by atoms with Crippen LogP contribution in [0.1, 0.15) is 47.4 Å². The molecule has 8 heteroatoms. The number of hydrogen-bond acceptors (Lipinski definition) is 6. The first kappa shape index (κ1) is 17.8. The molecule has 0 fully saturated rings. The van der Waals surface area contributed by atoms with E-state index >= 15 is 0 Å². The summed E-state index contributed by atoms with van der Waals surface area (Å²) in [6.07, 6.45) is 4.60. The van der Waals surface area contributed by atoms with Crippen LogP contribution >= 0.6 is 0 Å². The SMILES string of the molecule is CC(C)c1noc2ncc(C(=O)NC(Cn3cncn3)c3ccccc3)cc12. The monoisotopic (exact) mass is 376 g/mol. The Morgan fingerprint density at radius 2 is 2.07 bits per heavy atom. The molecule has 142 valence electrons. The van der Waals surface area contributed by atoms with Gasteiger partial charge < -0.3 is 9.84 Å². The number of nitrogens with one attached hydrogen (secondary N) is 1. The summed E-state index contributed by atoms with van der Waals surface area (Å²) in [5.41, 5.74) is 2.66. The van der Waals surface area contributed by atoms with Crippen molar-refractivity contribution in [3.8, 4) is 0 Å². The van der Waals surface area contributed by atoms with Crippen molar-refractivity contribution < 1.29 is 9.32 Å². The molecule has 3 heterocycles. The van der Waals surface area contributed by atoms with Crippen molar-refractivity contribution >= 4 is 17.0 Å². The molecule has 0 aliphatic heterocycles. The van der Waals surface area contributed by atoms with Gasteiger partial charge in [-0.05, 0) is 17.5 Å².